The van der Waals surface area contributed by atoms with E-state index in [1.165, 1.54) is 19.3 Å². The minimum absolute atomic E-state index is 0.129. The Hall–Kier alpha value is -1.84. The molecule has 0 aromatic heterocycles. The summed E-state index contributed by atoms with van der Waals surface area (Å²) in [5, 5.41) is 4.29. The molecule has 1 N–H and O–H groups in total. The lowest BCUT2D eigenvalue weighted by Gasteiger charge is -2.64. The van der Waals surface area contributed by atoms with Gasteiger partial charge in [-0.3, -0.25) is 4.79 Å². The molecule has 4 bridgehead atoms. The largest absolute Gasteiger partial charge is 0.494 e. The molecular formula is C25H36N2O2. The van der Waals surface area contributed by atoms with Crippen LogP contribution in [0, 0.1) is 28.1 Å². The van der Waals surface area contributed by atoms with Crippen LogP contribution in [0.5, 0.6) is 5.75 Å². The van der Waals surface area contributed by atoms with Crippen molar-refractivity contribution in [2.45, 2.75) is 72.6 Å². The van der Waals surface area contributed by atoms with E-state index < -0.39 is 0 Å². The Morgan fingerprint density at radius 3 is 2.38 bits per heavy atom. The summed E-state index contributed by atoms with van der Waals surface area (Å²) in [5.41, 5.74) is 4.30. The van der Waals surface area contributed by atoms with Gasteiger partial charge in [0.15, 0.2) is 0 Å². The molecule has 0 radical (unpaired) electrons. The number of benzene rings is 1. The standard InChI is InChI=1S/C25H36N2O2/c1-18(2)9-10-29-21-7-5-19(6-8-21)14-26-27-22(28)25-13-20-11-23(3,16-25)15-24(4,12-20)17-25/h5-8,14,18,20H,9-13,15-17H2,1-4H3,(H,27,28). The molecule has 4 aliphatic rings. The van der Waals surface area contributed by atoms with E-state index >= 15 is 0 Å². The van der Waals surface area contributed by atoms with Crippen LogP contribution in [0.3, 0.4) is 0 Å². The lowest BCUT2D eigenvalue weighted by atomic mass is 9.40. The predicted molar refractivity (Wildman–Crippen MR) is 117 cm³/mol. The number of carbonyl (C=O) groups excluding carboxylic acids is 1. The molecule has 2 unspecified atom stereocenters. The minimum atomic E-state index is -0.214. The van der Waals surface area contributed by atoms with Gasteiger partial charge >= 0.3 is 0 Å². The fourth-order valence-electron chi connectivity index (χ4n) is 7.05. The molecule has 4 fully saturated rings. The van der Waals surface area contributed by atoms with Crippen LogP contribution in [0.2, 0.25) is 0 Å². The highest BCUT2D eigenvalue weighted by atomic mass is 16.5. The number of nitrogens with zero attached hydrogens (tertiary/aromatic N) is 1. The molecule has 1 aromatic carbocycles. The van der Waals surface area contributed by atoms with Crippen molar-refractivity contribution in [1.82, 2.24) is 5.43 Å². The summed E-state index contributed by atoms with van der Waals surface area (Å²) in [4.78, 5) is 13.2. The second kappa shape index (κ2) is 7.45. The van der Waals surface area contributed by atoms with Crippen LogP contribution in [0.15, 0.2) is 29.4 Å². The van der Waals surface area contributed by atoms with Gasteiger partial charge in [-0.15, -0.1) is 0 Å². The van der Waals surface area contributed by atoms with Gasteiger partial charge < -0.3 is 4.74 Å². The maximum Gasteiger partial charge on any atom is 0.246 e. The minimum Gasteiger partial charge on any atom is -0.494 e. The third-order valence-electron chi connectivity index (χ3n) is 7.33. The summed E-state index contributed by atoms with van der Waals surface area (Å²) in [7, 11) is 0. The first-order chi connectivity index (χ1) is 13.7. The van der Waals surface area contributed by atoms with E-state index in [-0.39, 0.29) is 11.3 Å². The summed E-state index contributed by atoms with van der Waals surface area (Å²) in [6.45, 7) is 9.92. The van der Waals surface area contributed by atoms with Crippen molar-refractivity contribution in [2.75, 3.05) is 6.61 Å². The van der Waals surface area contributed by atoms with Crippen LogP contribution >= 0.6 is 0 Å². The van der Waals surface area contributed by atoms with Crippen LogP contribution < -0.4 is 10.2 Å². The monoisotopic (exact) mass is 396 g/mol. The van der Waals surface area contributed by atoms with E-state index in [1.54, 1.807) is 6.21 Å². The third-order valence-corrected chi connectivity index (χ3v) is 7.33. The Morgan fingerprint density at radius 2 is 1.79 bits per heavy atom. The molecule has 0 spiro atoms. The van der Waals surface area contributed by atoms with Gasteiger partial charge in [-0.1, -0.05) is 27.7 Å². The van der Waals surface area contributed by atoms with Crippen molar-refractivity contribution in [3.63, 3.8) is 0 Å². The van der Waals surface area contributed by atoms with Gasteiger partial charge in [-0.25, -0.2) is 5.43 Å². The third kappa shape index (κ3) is 4.36. The van der Waals surface area contributed by atoms with Crippen molar-refractivity contribution in [1.29, 1.82) is 0 Å². The summed E-state index contributed by atoms with van der Waals surface area (Å²) in [6.07, 6.45) is 9.75. The lowest BCUT2D eigenvalue weighted by molar-refractivity contribution is -0.170. The molecule has 0 saturated heterocycles. The second-order valence-corrected chi connectivity index (χ2v) is 11.2. The topological polar surface area (TPSA) is 50.7 Å². The molecule has 4 heteroatoms. The first-order valence-corrected chi connectivity index (χ1v) is 11.3. The lowest BCUT2D eigenvalue weighted by Crippen LogP contribution is -2.59. The molecule has 2 atom stereocenters. The first-order valence-electron chi connectivity index (χ1n) is 11.3. The van der Waals surface area contributed by atoms with Crippen molar-refractivity contribution >= 4 is 12.1 Å². The molecular weight excluding hydrogens is 360 g/mol. The summed E-state index contributed by atoms with van der Waals surface area (Å²) in [6, 6.07) is 7.88. The van der Waals surface area contributed by atoms with E-state index in [9.17, 15) is 4.79 Å². The van der Waals surface area contributed by atoms with Gasteiger partial charge in [0.25, 0.3) is 0 Å². The SMILES string of the molecule is CC(C)CCOc1ccc(C=NNC(=O)C23CC4CC(C)(CC(C)(C4)C2)C3)cc1. The maximum absolute atomic E-state index is 13.2. The Bertz CT molecular complexity index is 765. The van der Waals surface area contributed by atoms with E-state index in [1.807, 2.05) is 24.3 Å². The van der Waals surface area contributed by atoms with Crippen LogP contribution in [-0.2, 0) is 4.79 Å². The van der Waals surface area contributed by atoms with Gasteiger partial charge in [-0.05, 0) is 97.4 Å². The van der Waals surface area contributed by atoms with Gasteiger partial charge in [0.1, 0.15) is 5.75 Å². The number of hydrogen-bond donors (Lipinski definition) is 1. The maximum atomic E-state index is 13.2. The van der Waals surface area contributed by atoms with Crippen molar-refractivity contribution in [2.24, 2.45) is 33.2 Å². The zero-order valence-electron chi connectivity index (χ0n) is 18.5. The molecule has 4 aliphatic carbocycles. The highest BCUT2D eigenvalue weighted by Crippen LogP contribution is 2.69. The Balaban J connectivity index is 1.34. The Morgan fingerprint density at radius 1 is 1.14 bits per heavy atom. The second-order valence-electron chi connectivity index (χ2n) is 11.2. The van der Waals surface area contributed by atoms with E-state index in [0.29, 0.717) is 22.7 Å². The van der Waals surface area contributed by atoms with Crippen LogP contribution in [0.1, 0.15) is 78.2 Å². The number of hydrazone groups is 1. The average Bonchev–Trinajstić information content (AvgIpc) is 2.59. The number of hydrogen-bond acceptors (Lipinski definition) is 3. The number of nitrogens with one attached hydrogen (secondary N) is 1. The summed E-state index contributed by atoms with van der Waals surface area (Å²) < 4.78 is 5.76. The number of carbonyl (C=O) groups is 1. The van der Waals surface area contributed by atoms with E-state index in [4.69, 9.17) is 4.74 Å². The molecule has 1 amide bonds. The number of rotatable bonds is 7. The zero-order chi connectivity index (χ0) is 20.7. The molecule has 29 heavy (non-hydrogen) atoms. The molecule has 5 rings (SSSR count). The highest BCUT2D eigenvalue weighted by molar-refractivity contribution is 5.86. The van der Waals surface area contributed by atoms with Gasteiger partial charge in [0, 0.05) is 0 Å². The van der Waals surface area contributed by atoms with E-state index in [2.05, 4.69) is 38.2 Å². The predicted octanol–water partition coefficient (Wildman–Crippen LogP) is 5.56. The van der Waals surface area contributed by atoms with Crippen LogP contribution in [0.25, 0.3) is 0 Å². The first kappa shape index (κ1) is 20.4. The van der Waals surface area contributed by atoms with Gasteiger partial charge in [-0.2, -0.15) is 5.10 Å². The highest BCUT2D eigenvalue weighted by Gasteiger charge is 2.62. The Labute approximate surface area is 175 Å². The fourth-order valence-corrected chi connectivity index (χ4v) is 7.05. The quantitative estimate of drug-likeness (QED) is 0.485. The summed E-state index contributed by atoms with van der Waals surface area (Å²) >= 11 is 0. The average molecular weight is 397 g/mol. The van der Waals surface area contributed by atoms with Crippen LogP contribution in [-0.4, -0.2) is 18.7 Å². The van der Waals surface area contributed by atoms with Crippen molar-refractivity contribution in [3.8, 4) is 5.75 Å². The Kier molecular flexibility index (Phi) is 5.25. The smallest absolute Gasteiger partial charge is 0.246 e. The summed E-state index contributed by atoms with van der Waals surface area (Å²) in [5.74, 6) is 2.36. The van der Waals surface area contributed by atoms with Gasteiger partial charge in [0.2, 0.25) is 5.91 Å². The molecule has 4 saturated carbocycles. The fraction of sp³-hybridized carbons (Fsp3) is 0.680. The molecule has 158 valence electrons. The normalized spacial score (nSPS) is 35.4. The molecule has 0 heterocycles. The zero-order valence-corrected chi connectivity index (χ0v) is 18.5. The molecule has 4 nitrogen and oxygen atoms in total. The molecule has 1 aromatic rings. The van der Waals surface area contributed by atoms with Gasteiger partial charge in [0.05, 0.1) is 18.2 Å². The number of ether oxygens (including phenoxy) is 1. The number of amides is 1. The van der Waals surface area contributed by atoms with E-state index in [0.717, 1.165) is 43.6 Å². The van der Waals surface area contributed by atoms with Crippen molar-refractivity contribution in [3.05, 3.63) is 29.8 Å². The molecule has 0 aliphatic heterocycles. The van der Waals surface area contributed by atoms with Crippen molar-refractivity contribution < 1.29 is 9.53 Å². The van der Waals surface area contributed by atoms with Crippen LogP contribution in [0.4, 0.5) is 0 Å².